The Morgan fingerprint density at radius 2 is 1.96 bits per heavy atom. The molecular formula is C18H24N2O3. The van der Waals surface area contributed by atoms with Crippen LogP contribution in [0, 0.1) is 25.2 Å². The number of fused-ring (bicyclic) bond motifs is 1. The Labute approximate surface area is 137 Å². The van der Waals surface area contributed by atoms with Crippen LogP contribution in [0.3, 0.4) is 0 Å². The van der Waals surface area contributed by atoms with Gasteiger partial charge in [-0.2, -0.15) is 0 Å². The number of hydrogen-bond acceptors (Lipinski definition) is 4. The summed E-state index contributed by atoms with van der Waals surface area (Å²) in [7, 11) is 1.41. The van der Waals surface area contributed by atoms with Crippen LogP contribution in [0.5, 0.6) is 0 Å². The topological polar surface area (TPSA) is 49.9 Å². The van der Waals surface area contributed by atoms with Crippen molar-refractivity contribution in [1.29, 1.82) is 0 Å². The van der Waals surface area contributed by atoms with Gasteiger partial charge in [0.25, 0.3) is 0 Å². The molecule has 2 unspecified atom stereocenters. The lowest BCUT2D eigenvalue weighted by molar-refractivity contribution is -0.153. The van der Waals surface area contributed by atoms with Gasteiger partial charge in [-0.1, -0.05) is 25.1 Å². The smallest absolute Gasteiger partial charge is 0.315 e. The minimum absolute atomic E-state index is 0.0451. The van der Waals surface area contributed by atoms with Gasteiger partial charge in [0, 0.05) is 25.3 Å². The van der Waals surface area contributed by atoms with E-state index in [-0.39, 0.29) is 17.8 Å². The first-order chi connectivity index (χ1) is 10.9. The third-order valence-electron chi connectivity index (χ3n) is 5.37. The lowest BCUT2D eigenvalue weighted by Gasteiger charge is -2.27. The second-order valence-electron chi connectivity index (χ2n) is 6.69. The summed E-state index contributed by atoms with van der Waals surface area (Å²) in [5.74, 6) is -0.529. The minimum atomic E-state index is -0.740. The summed E-state index contributed by atoms with van der Waals surface area (Å²) < 4.78 is 5.08. The second kappa shape index (κ2) is 5.64. The highest BCUT2D eigenvalue weighted by Crippen LogP contribution is 2.46. The second-order valence-corrected chi connectivity index (χ2v) is 6.69. The van der Waals surface area contributed by atoms with Crippen LogP contribution in [0.1, 0.15) is 18.1 Å². The number of rotatable bonds is 3. The maximum absolute atomic E-state index is 13.1. The van der Waals surface area contributed by atoms with E-state index in [1.165, 1.54) is 7.11 Å². The van der Waals surface area contributed by atoms with Crippen LogP contribution in [-0.4, -0.2) is 50.1 Å². The van der Waals surface area contributed by atoms with Crippen molar-refractivity contribution in [3.05, 3.63) is 29.3 Å². The molecule has 0 saturated carbocycles. The van der Waals surface area contributed by atoms with Crippen molar-refractivity contribution in [2.45, 2.75) is 20.8 Å². The van der Waals surface area contributed by atoms with E-state index in [0.29, 0.717) is 19.6 Å². The highest BCUT2D eigenvalue weighted by molar-refractivity contribution is 6.04. The Morgan fingerprint density at radius 3 is 2.52 bits per heavy atom. The quantitative estimate of drug-likeness (QED) is 0.798. The zero-order valence-corrected chi connectivity index (χ0v) is 14.3. The molecule has 124 valence electrons. The highest BCUT2D eigenvalue weighted by Gasteiger charge is 2.62. The first-order valence-electron chi connectivity index (χ1n) is 8.13. The SMILES string of the molecule is CCN1CC2C(=O)N(c3c(C)cccc3C)CC2(C(=O)OC)C1. The molecule has 1 amide bonds. The molecule has 0 aliphatic carbocycles. The van der Waals surface area contributed by atoms with Crippen molar-refractivity contribution < 1.29 is 14.3 Å². The number of carbonyl (C=O) groups is 2. The molecule has 23 heavy (non-hydrogen) atoms. The molecule has 2 fully saturated rings. The van der Waals surface area contributed by atoms with Crippen molar-refractivity contribution in [2.24, 2.45) is 11.3 Å². The Bertz CT molecular complexity index is 637. The lowest BCUT2D eigenvalue weighted by Crippen LogP contribution is -2.42. The van der Waals surface area contributed by atoms with Crippen LogP contribution >= 0.6 is 0 Å². The molecule has 5 nitrogen and oxygen atoms in total. The van der Waals surface area contributed by atoms with Gasteiger partial charge in [-0.25, -0.2) is 0 Å². The first kappa shape index (κ1) is 16.0. The zero-order valence-electron chi connectivity index (χ0n) is 14.3. The van der Waals surface area contributed by atoms with Gasteiger partial charge >= 0.3 is 5.97 Å². The number of aryl methyl sites for hydroxylation is 2. The number of esters is 1. The fourth-order valence-corrected chi connectivity index (χ4v) is 4.17. The van der Waals surface area contributed by atoms with Crippen LogP contribution < -0.4 is 4.90 Å². The molecule has 0 N–H and O–H groups in total. The Balaban J connectivity index is 2.03. The predicted molar refractivity (Wildman–Crippen MR) is 88.3 cm³/mol. The van der Waals surface area contributed by atoms with Gasteiger partial charge in [0.1, 0.15) is 5.41 Å². The number of amides is 1. The maximum Gasteiger partial charge on any atom is 0.315 e. The van der Waals surface area contributed by atoms with E-state index in [9.17, 15) is 9.59 Å². The minimum Gasteiger partial charge on any atom is -0.468 e. The number of nitrogens with zero attached hydrogens (tertiary/aromatic N) is 2. The number of likely N-dealkylation sites (tertiary alicyclic amines) is 1. The Hall–Kier alpha value is -1.88. The molecule has 0 bridgehead atoms. The van der Waals surface area contributed by atoms with Gasteiger partial charge in [0.05, 0.1) is 13.0 Å². The summed E-state index contributed by atoms with van der Waals surface area (Å²) in [6.45, 7) is 8.54. The van der Waals surface area contributed by atoms with Crippen LogP contribution in [0.25, 0.3) is 0 Å². The number of anilines is 1. The molecule has 1 aromatic carbocycles. The highest BCUT2D eigenvalue weighted by atomic mass is 16.5. The summed E-state index contributed by atoms with van der Waals surface area (Å²) in [6, 6.07) is 6.00. The van der Waals surface area contributed by atoms with Gasteiger partial charge in [-0.3, -0.25) is 9.59 Å². The summed E-state index contributed by atoms with van der Waals surface area (Å²) in [5.41, 5.74) is 2.32. The van der Waals surface area contributed by atoms with Crippen molar-refractivity contribution in [2.75, 3.05) is 38.2 Å². The fraction of sp³-hybridized carbons (Fsp3) is 0.556. The van der Waals surface area contributed by atoms with E-state index < -0.39 is 5.41 Å². The molecular weight excluding hydrogens is 292 g/mol. The molecule has 0 radical (unpaired) electrons. The normalized spacial score (nSPS) is 27.4. The number of para-hydroxylation sites is 1. The molecule has 5 heteroatoms. The van der Waals surface area contributed by atoms with Crippen molar-refractivity contribution in [3.8, 4) is 0 Å². The molecule has 2 saturated heterocycles. The Morgan fingerprint density at radius 1 is 1.30 bits per heavy atom. The third-order valence-corrected chi connectivity index (χ3v) is 5.37. The summed E-state index contributed by atoms with van der Waals surface area (Å²) in [6.07, 6.45) is 0. The van der Waals surface area contributed by atoms with Gasteiger partial charge < -0.3 is 14.5 Å². The summed E-state index contributed by atoms with van der Waals surface area (Å²) >= 11 is 0. The number of carbonyl (C=O) groups excluding carboxylic acids is 2. The third kappa shape index (κ3) is 2.26. The number of benzene rings is 1. The fourth-order valence-electron chi connectivity index (χ4n) is 4.17. The maximum atomic E-state index is 13.1. The van der Waals surface area contributed by atoms with Gasteiger partial charge in [0.2, 0.25) is 5.91 Å². The molecule has 2 heterocycles. The Kier molecular flexibility index (Phi) is 3.92. The standard InChI is InChI=1S/C18H24N2O3/c1-5-19-9-14-16(21)20(11-18(14,10-19)17(22)23-4)15-12(2)7-6-8-13(15)3/h6-8,14H,5,9-11H2,1-4H3. The molecule has 2 atom stereocenters. The molecule has 1 aromatic rings. The number of methoxy groups -OCH3 is 1. The summed E-state index contributed by atoms with van der Waals surface area (Å²) in [5, 5.41) is 0. The molecule has 0 spiro atoms. The van der Waals surface area contributed by atoms with Crippen molar-refractivity contribution in [1.82, 2.24) is 4.90 Å². The van der Waals surface area contributed by atoms with E-state index in [1.54, 1.807) is 4.90 Å². The van der Waals surface area contributed by atoms with Crippen LogP contribution in [0.15, 0.2) is 18.2 Å². The van der Waals surface area contributed by atoms with E-state index in [0.717, 1.165) is 23.4 Å². The number of hydrogen-bond donors (Lipinski definition) is 0. The molecule has 0 aromatic heterocycles. The zero-order chi connectivity index (χ0) is 16.8. The van der Waals surface area contributed by atoms with Gasteiger partial charge in [-0.05, 0) is 31.5 Å². The van der Waals surface area contributed by atoms with Gasteiger partial charge in [-0.15, -0.1) is 0 Å². The largest absolute Gasteiger partial charge is 0.468 e. The van der Waals surface area contributed by atoms with Crippen molar-refractivity contribution >= 4 is 17.6 Å². The van der Waals surface area contributed by atoms with Gasteiger partial charge in [0.15, 0.2) is 0 Å². The lowest BCUT2D eigenvalue weighted by atomic mass is 9.81. The molecule has 2 aliphatic heterocycles. The predicted octanol–water partition coefficient (Wildman–Crippen LogP) is 1.76. The van der Waals surface area contributed by atoms with Crippen LogP contribution in [-0.2, 0) is 14.3 Å². The van der Waals surface area contributed by atoms with E-state index in [2.05, 4.69) is 11.8 Å². The van der Waals surface area contributed by atoms with Crippen LogP contribution in [0.4, 0.5) is 5.69 Å². The molecule has 2 aliphatic rings. The average Bonchev–Trinajstić information content (AvgIpc) is 3.03. The van der Waals surface area contributed by atoms with E-state index >= 15 is 0 Å². The molecule has 3 rings (SSSR count). The summed E-state index contributed by atoms with van der Waals surface area (Å²) in [4.78, 5) is 29.6. The number of ether oxygens (including phenoxy) is 1. The van der Waals surface area contributed by atoms with E-state index in [4.69, 9.17) is 4.74 Å². The average molecular weight is 316 g/mol. The van der Waals surface area contributed by atoms with Crippen LogP contribution in [0.2, 0.25) is 0 Å². The monoisotopic (exact) mass is 316 g/mol. The van der Waals surface area contributed by atoms with E-state index in [1.807, 2.05) is 32.0 Å². The van der Waals surface area contributed by atoms with Crippen molar-refractivity contribution in [3.63, 3.8) is 0 Å². The first-order valence-corrected chi connectivity index (χ1v) is 8.13.